The summed E-state index contributed by atoms with van der Waals surface area (Å²) in [5, 5.41) is 0. The quantitative estimate of drug-likeness (QED) is 0.458. The van der Waals surface area contributed by atoms with Gasteiger partial charge in [0.1, 0.15) is 30.2 Å². The molecule has 0 bridgehead atoms. The van der Waals surface area contributed by atoms with Gasteiger partial charge in [0.05, 0.1) is 33.5 Å². The highest BCUT2D eigenvalue weighted by Gasteiger charge is 2.51. The molecule has 0 spiro atoms. The van der Waals surface area contributed by atoms with Gasteiger partial charge in [-0.05, 0) is 17.7 Å². The lowest BCUT2D eigenvalue weighted by molar-refractivity contribution is -0.369. The van der Waals surface area contributed by atoms with Crippen molar-refractivity contribution in [3.8, 4) is 5.75 Å². The minimum absolute atomic E-state index is 0.317. The molecule has 182 valence electrons. The molecule has 2 aliphatic rings. The van der Waals surface area contributed by atoms with Crippen molar-refractivity contribution in [2.45, 2.75) is 43.6 Å². The fraction of sp³-hybridized carbons (Fsp3) is 0.407. The van der Waals surface area contributed by atoms with Gasteiger partial charge < -0.3 is 33.2 Å². The largest absolute Gasteiger partial charge is 0.497 e. The van der Waals surface area contributed by atoms with Crippen molar-refractivity contribution in [2.75, 3.05) is 26.9 Å². The Hall–Kier alpha value is -2.52. The van der Waals surface area contributed by atoms with Gasteiger partial charge in [0.15, 0.2) is 12.6 Å². The molecule has 0 amide bonds. The first-order valence-corrected chi connectivity index (χ1v) is 11.4. The van der Waals surface area contributed by atoms with E-state index in [4.69, 9.17) is 33.2 Å². The molecule has 2 saturated heterocycles. The van der Waals surface area contributed by atoms with Crippen LogP contribution < -0.4 is 4.74 Å². The van der Waals surface area contributed by atoms with Crippen LogP contribution in [0.4, 0.5) is 0 Å². The third-order valence-corrected chi connectivity index (χ3v) is 5.74. The van der Waals surface area contributed by atoms with Crippen molar-refractivity contribution in [1.82, 2.24) is 0 Å². The first-order valence-electron chi connectivity index (χ1n) is 11.4. The van der Waals surface area contributed by atoms with Crippen molar-refractivity contribution in [1.29, 1.82) is 0 Å². The molecule has 0 saturated carbocycles. The molecule has 2 heterocycles. The molecule has 2 aromatic carbocycles. The second kappa shape index (κ2) is 12.3. The van der Waals surface area contributed by atoms with Crippen LogP contribution in [0.2, 0.25) is 0 Å². The summed E-state index contributed by atoms with van der Waals surface area (Å²) < 4.78 is 42.4. The molecular formula is C27H32O7. The van der Waals surface area contributed by atoms with Crippen molar-refractivity contribution in [2.24, 2.45) is 0 Å². The van der Waals surface area contributed by atoms with Crippen LogP contribution in [-0.2, 0) is 35.0 Å². The fourth-order valence-electron chi connectivity index (χ4n) is 4.09. The molecular weight excluding hydrogens is 436 g/mol. The van der Waals surface area contributed by atoms with Crippen molar-refractivity contribution in [3.05, 3.63) is 91.0 Å². The lowest BCUT2D eigenvalue weighted by atomic mass is 9.97. The molecule has 0 aromatic heterocycles. The van der Waals surface area contributed by atoms with Gasteiger partial charge in [-0.25, -0.2) is 0 Å². The maximum absolute atomic E-state index is 6.43. The van der Waals surface area contributed by atoms with Gasteiger partial charge in [-0.1, -0.05) is 54.6 Å². The molecule has 0 N–H and O–H groups in total. The van der Waals surface area contributed by atoms with Crippen molar-refractivity contribution >= 4 is 0 Å². The second-order valence-corrected chi connectivity index (χ2v) is 8.05. The zero-order chi connectivity index (χ0) is 23.8. The number of hydrogen-bond acceptors (Lipinski definition) is 7. The van der Waals surface area contributed by atoms with Gasteiger partial charge in [0.2, 0.25) is 0 Å². The van der Waals surface area contributed by atoms with Crippen LogP contribution in [0, 0.1) is 0 Å². The zero-order valence-electron chi connectivity index (χ0n) is 19.4. The van der Waals surface area contributed by atoms with Crippen molar-refractivity contribution in [3.63, 3.8) is 0 Å². The molecule has 0 unspecified atom stereocenters. The van der Waals surface area contributed by atoms with Crippen LogP contribution >= 0.6 is 0 Å². The number of ether oxygens (including phenoxy) is 7. The third kappa shape index (κ3) is 5.93. The highest BCUT2D eigenvalue weighted by atomic mass is 16.8. The van der Waals surface area contributed by atoms with Crippen LogP contribution in [0.25, 0.3) is 0 Å². The highest BCUT2D eigenvalue weighted by molar-refractivity contribution is 5.28. The minimum Gasteiger partial charge on any atom is -0.497 e. The normalized spacial score (nSPS) is 28.6. The van der Waals surface area contributed by atoms with Gasteiger partial charge in [-0.2, -0.15) is 0 Å². The monoisotopic (exact) mass is 468 g/mol. The van der Waals surface area contributed by atoms with E-state index in [1.54, 1.807) is 19.3 Å². The molecule has 2 fully saturated rings. The second-order valence-electron chi connectivity index (χ2n) is 8.05. The van der Waals surface area contributed by atoms with Crippen LogP contribution in [0.3, 0.4) is 0 Å². The van der Waals surface area contributed by atoms with E-state index >= 15 is 0 Å². The molecule has 34 heavy (non-hydrogen) atoms. The summed E-state index contributed by atoms with van der Waals surface area (Å²) in [6.07, 6.45) is 0.338. The molecule has 0 radical (unpaired) electrons. The summed E-state index contributed by atoms with van der Waals surface area (Å²) in [6, 6.07) is 17.6. The van der Waals surface area contributed by atoms with Gasteiger partial charge in [-0.15, -0.1) is 13.2 Å². The lowest BCUT2D eigenvalue weighted by Crippen LogP contribution is -2.63. The van der Waals surface area contributed by atoms with Crippen LogP contribution in [0.5, 0.6) is 5.75 Å². The van der Waals surface area contributed by atoms with Crippen LogP contribution in [0.1, 0.15) is 17.4 Å². The number of fused-ring (bicyclic) bond motifs is 1. The van der Waals surface area contributed by atoms with E-state index in [9.17, 15) is 0 Å². The summed E-state index contributed by atoms with van der Waals surface area (Å²) in [6.45, 7) is 8.88. The first kappa shape index (κ1) is 24.6. The summed E-state index contributed by atoms with van der Waals surface area (Å²) in [5.74, 6) is 0.766. The Balaban J connectivity index is 1.57. The summed E-state index contributed by atoms with van der Waals surface area (Å²) >= 11 is 0. The third-order valence-electron chi connectivity index (χ3n) is 5.74. The molecule has 6 atom stereocenters. The average molecular weight is 469 g/mol. The molecule has 7 heteroatoms. The first-order chi connectivity index (χ1) is 16.7. The van der Waals surface area contributed by atoms with E-state index in [1.165, 1.54) is 0 Å². The van der Waals surface area contributed by atoms with Gasteiger partial charge in [-0.3, -0.25) is 0 Å². The maximum Gasteiger partial charge on any atom is 0.187 e. The summed E-state index contributed by atoms with van der Waals surface area (Å²) in [5.41, 5.74) is 1.94. The Morgan fingerprint density at radius 2 is 1.62 bits per heavy atom. The van der Waals surface area contributed by atoms with E-state index in [0.29, 0.717) is 26.4 Å². The van der Waals surface area contributed by atoms with E-state index in [-0.39, 0.29) is 6.10 Å². The Morgan fingerprint density at radius 3 is 2.32 bits per heavy atom. The van der Waals surface area contributed by atoms with E-state index in [2.05, 4.69) is 13.2 Å². The summed E-state index contributed by atoms with van der Waals surface area (Å²) in [7, 11) is 1.63. The van der Waals surface area contributed by atoms with Gasteiger partial charge in [0, 0.05) is 5.56 Å². The Bertz CT molecular complexity index is 901. The smallest absolute Gasteiger partial charge is 0.187 e. The number of methoxy groups -OCH3 is 1. The topological polar surface area (TPSA) is 64.6 Å². The number of rotatable bonds is 11. The predicted octanol–water partition coefficient (Wildman–Crippen LogP) is 4.19. The Labute approximate surface area is 200 Å². The number of hydrogen-bond donors (Lipinski definition) is 0. The number of benzene rings is 2. The molecule has 0 aliphatic carbocycles. The van der Waals surface area contributed by atoms with Crippen LogP contribution in [0.15, 0.2) is 79.9 Å². The predicted molar refractivity (Wildman–Crippen MR) is 126 cm³/mol. The Kier molecular flexibility index (Phi) is 8.87. The van der Waals surface area contributed by atoms with E-state index in [1.807, 2.05) is 54.6 Å². The Morgan fingerprint density at radius 1 is 0.882 bits per heavy atom. The van der Waals surface area contributed by atoms with Crippen LogP contribution in [-0.4, -0.2) is 57.6 Å². The standard InChI is InChI=1S/C27H32O7/c1-4-15-29-25-24(31-17-19-9-7-6-8-10-19)23-22(33-27(25)30-16-5-2)18-32-26(34-23)20-11-13-21(28-3)14-12-20/h4-14,22-27H,1-2,15-18H2,3H3/t22-,23-,24+,25+,26-,27+/m1/s1. The fourth-order valence-corrected chi connectivity index (χ4v) is 4.09. The SMILES string of the molecule is C=CCO[C@H]1O[C@@H]2CO[C@@H](c3ccc(OC)cc3)O[C@H]2[C@H](OCc2ccccc2)[C@@H]1OCC=C. The maximum atomic E-state index is 6.43. The van der Waals surface area contributed by atoms with Gasteiger partial charge in [0.25, 0.3) is 0 Å². The zero-order valence-corrected chi connectivity index (χ0v) is 19.4. The molecule has 7 nitrogen and oxygen atoms in total. The van der Waals surface area contributed by atoms with E-state index < -0.39 is 30.9 Å². The lowest BCUT2D eigenvalue weighted by Gasteiger charge is -2.48. The molecule has 2 aliphatic heterocycles. The van der Waals surface area contributed by atoms with Crippen molar-refractivity contribution < 1.29 is 33.2 Å². The average Bonchev–Trinajstić information content (AvgIpc) is 2.89. The summed E-state index contributed by atoms with van der Waals surface area (Å²) in [4.78, 5) is 0. The minimum atomic E-state index is -0.662. The van der Waals surface area contributed by atoms with Gasteiger partial charge >= 0.3 is 0 Å². The molecule has 4 rings (SSSR count). The highest BCUT2D eigenvalue weighted by Crippen LogP contribution is 2.37. The van der Waals surface area contributed by atoms with E-state index in [0.717, 1.165) is 16.9 Å². The molecule has 2 aromatic rings.